The summed E-state index contributed by atoms with van der Waals surface area (Å²) in [5.74, 6) is 1.000. The van der Waals surface area contributed by atoms with Gasteiger partial charge < -0.3 is 15.4 Å². The monoisotopic (exact) mass is 315 g/mol. The van der Waals surface area contributed by atoms with Gasteiger partial charge in [-0.15, -0.1) is 0 Å². The number of unbranched alkanes of at least 4 members (excludes halogenated alkanes) is 3. The molecule has 0 radical (unpaired) electrons. The van der Waals surface area contributed by atoms with Crippen LogP contribution in [-0.2, 0) is 0 Å². The minimum absolute atomic E-state index is 0.297. The SMILES string of the molecule is CCCCCCNc1nc(Nc2ccc(C)cc2)nc(OC)n1. The Bertz CT molecular complexity index is 600. The predicted molar refractivity (Wildman–Crippen MR) is 93.5 cm³/mol. The smallest absolute Gasteiger partial charge is 0.322 e. The fraction of sp³-hybridized carbons (Fsp3) is 0.471. The van der Waals surface area contributed by atoms with Crippen molar-refractivity contribution in [1.29, 1.82) is 0 Å². The second kappa shape index (κ2) is 8.92. The van der Waals surface area contributed by atoms with Crippen molar-refractivity contribution >= 4 is 17.6 Å². The molecule has 0 atom stereocenters. The van der Waals surface area contributed by atoms with Gasteiger partial charge >= 0.3 is 6.01 Å². The van der Waals surface area contributed by atoms with Gasteiger partial charge in [-0.3, -0.25) is 0 Å². The third kappa shape index (κ3) is 5.73. The lowest BCUT2D eigenvalue weighted by molar-refractivity contribution is 0.379. The van der Waals surface area contributed by atoms with Gasteiger partial charge in [0.05, 0.1) is 7.11 Å². The van der Waals surface area contributed by atoms with Crippen LogP contribution < -0.4 is 15.4 Å². The van der Waals surface area contributed by atoms with Gasteiger partial charge in [0.1, 0.15) is 0 Å². The van der Waals surface area contributed by atoms with Gasteiger partial charge in [0.15, 0.2) is 0 Å². The van der Waals surface area contributed by atoms with E-state index in [1.165, 1.54) is 24.8 Å². The van der Waals surface area contributed by atoms with Crippen molar-refractivity contribution in [3.63, 3.8) is 0 Å². The van der Waals surface area contributed by atoms with Crippen molar-refractivity contribution in [2.24, 2.45) is 0 Å². The highest BCUT2D eigenvalue weighted by molar-refractivity contribution is 5.54. The maximum Gasteiger partial charge on any atom is 0.322 e. The number of hydrogen-bond acceptors (Lipinski definition) is 6. The molecule has 2 rings (SSSR count). The first-order valence-corrected chi connectivity index (χ1v) is 8.09. The Kier molecular flexibility index (Phi) is 6.59. The van der Waals surface area contributed by atoms with E-state index < -0.39 is 0 Å². The zero-order valence-electron chi connectivity index (χ0n) is 14.1. The van der Waals surface area contributed by atoms with E-state index in [1.54, 1.807) is 7.11 Å². The third-order valence-corrected chi connectivity index (χ3v) is 3.42. The summed E-state index contributed by atoms with van der Waals surface area (Å²) in [6.07, 6.45) is 4.79. The van der Waals surface area contributed by atoms with Gasteiger partial charge in [0.25, 0.3) is 0 Å². The minimum Gasteiger partial charge on any atom is -0.467 e. The lowest BCUT2D eigenvalue weighted by atomic mass is 10.2. The Morgan fingerprint density at radius 1 is 0.957 bits per heavy atom. The van der Waals surface area contributed by atoms with E-state index in [-0.39, 0.29) is 0 Å². The molecule has 0 saturated heterocycles. The summed E-state index contributed by atoms with van der Waals surface area (Å²) >= 11 is 0. The Morgan fingerprint density at radius 2 is 1.70 bits per heavy atom. The predicted octanol–water partition coefficient (Wildman–Crippen LogP) is 3.92. The van der Waals surface area contributed by atoms with Gasteiger partial charge in [-0.25, -0.2) is 0 Å². The number of anilines is 3. The number of aryl methyl sites for hydroxylation is 1. The van der Waals surface area contributed by atoms with Crippen molar-refractivity contribution in [3.8, 4) is 6.01 Å². The molecule has 1 heterocycles. The molecule has 2 aromatic rings. The van der Waals surface area contributed by atoms with Crippen molar-refractivity contribution in [2.75, 3.05) is 24.3 Å². The van der Waals surface area contributed by atoms with E-state index in [1.807, 2.05) is 24.3 Å². The summed E-state index contributed by atoms with van der Waals surface area (Å²) in [6.45, 7) is 5.10. The lowest BCUT2D eigenvalue weighted by Gasteiger charge is -2.09. The number of methoxy groups -OCH3 is 1. The van der Waals surface area contributed by atoms with Crippen LogP contribution in [0.2, 0.25) is 0 Å². The van der Waals surface area contributed by atoms with Crippen LogP contribution in [0.15, 0.2) is 24.3 Å². The zero-order chi connectivity index (χ0) is 16.5. The van der Waals surface area contributed by atoms with Crippen molar-refractivity contribution in [3.05, 3.63) is 29.8 Å². The molecule has 0 spiro atoms. The zero-order valence-corrected chi connectivity index (χ0v) is 14.1. The molecule has 6 heteroatoms. The molecule has 124 valence electrons. The van der Waals surface area contributed by atoms with Crippen LogP contribution in [0, 0.1) is 6.92 Å². The normalized spacial score (nSPS) is 10.4. The fourth-order valence-electron chi connectivity index (χ4n) is 2.10. The first-order valence-electron chi connectivity index (χ1n) is 8.09. The van der Waals surface area contributed by atoms with E-state index in [0.717, 1.165) is 18.7 Å². The first kappa shape index (κ1) is 17.0. The molecular weight excluding hydrogens is 290 g/mol. The number of nitrogens with one attached hydrogen (secondary N) is 2. The third-order valence-electron chi connectivity index (χ3n) is 3.42. The second-order valence-electron chi connectivity index (χ2n) is 5.45. The van der Waals surface area contributed by atoms with Crippen LogP contribution in [0.1, 0.15) is 38.2 Å². The van der Waals surface area contributed by atoms with E-state index >= 15 is 0 Å². The Hall–Kier alpha value is -2.37. The fourth-order valence-corrected chi connectivity index (χ4v) is 2.10. The lowest BCUT2D eigenvalue weighted by Crippen LogP contribution is -2.09. The minimum atomic E-state index is 0.297. The molecule has 0 saturated carbocycles. The van der Waals surface area contributed by atoms with Crippen molar-refractivity contribution in [2.45, 2.75) is 39.5 Å². The molecule has 0 aliphatic rings. The van der Waals surface area contributed by atoms with Gasteiger partial charge in [0.2, 0.25) is 11.9 Å². The molecule has 0 bridgehead atoms. The molecule has 23 heavy (non-hydrogen) atoms. The first-order chi connectivity index (χ1) is 11.2. The highest BCUT2D eigenvalue weighted by Gasteiger charge is 2.07. The number of nitrogens with zero attached hydrogens (tertiary/aromatic N) is 3. The molecular formula is C17H25N5O. The molecule has 0 fully saturated rings. The van der Waals surface area contributed by atoms with Gasteiger partial charge in [-0.05, 0) is 25.5 Å². The molecule has 1 aromatic carbocycles. The Labute approximate surface area is 137 Å². The van der Waals surface area contributed by atoms with Crippen LogP contribution in [0.25, 0.3) is 0 Å². The highest BCUT2D eigenvalue weighted by atomic mass is 16.5. The molecule has 6 nitrogen and oxygen atoms in total. The quantitative estimate of drug-likeness (QED) is 0.683. The summed E-state index contributed by atoms with van der Waals surface area (Å²) < 4.78 is 5.15. The number of hydrogen-bond donors (Lipinski definition) is 2. The average molecular weight is 315 g/mol. The summed E-state index contributed by atoms with van der Waals surface area (Å²) in [4.78, 5) is 12.9. The van der Waals surface area contributed by atoms with E-state index in [9.17, 15) is 0 Å². The standard InChI is InChI=1S/C17H25N5O/c1-4-5-6-7-12-18-15-20-16(22-17(21-15)23-3)19-14-10-8-13(2)9-11-14/h8-11H,4-7,12H2,1-3H3,(H2,18,19,20,21,22). The Morgan fingerprint density at radius 3 is 2.39 bits per heavy atom. The van der Waals surface area contributed by atoms with Crippen LogP contribution in [0.5, 0.6) is 6.01 Å². The van der Waals surface area contributed by atoms with Crippen molar-refractivity contribution < 1.29 is 4.74 Å². The molecule has 2 N–H and O–H groups in total. The van der Waals surface area contributed by atoms with Gasteiger partial charge in [-0.2, -0.15) is 15.0 Å². The highest BCUT2D eigenvalue weighted by Crippen LogP contribution is 2.17. The summed E-state index contributed by atoms with van der Waals surface area (Å²) in [5.41, 5.74) is 2.14. The maximum absolute atomic E-state index is 5.15. The van der Waals surface area contributed by atoms with Crippen LogP contribution >= 0.6 is 0 Å². The maximum atomic E-state index is 5.15. The van der Waals surface area contributed by atoms with Crippen LogP contribution in [0.3, 0.4) is 0 Å². The van der Waals surface area contributed by atoms with Gasteiger partial charge in [0, 0.05) is 12.2 Å². The Balaban J connectivity index is 2.01. The molecule has 0 unspecified atom stereocenters. The number of aromatic nitrogens is 3. The summed E-state index contributed by atoms with van der Waals surface area (Å²) in [7, 11) is 1.55. The number of rotatable bonds is 9. The molecule has 0 aliphatic heterocycles. The summed E-state index contributed by atoms with van der Waals surface area (Å²) in [6, 6.07) is 8.35. The van der Waals surface area contributed by atoms with Crippen LogP contribution in [-0.4, -0.2) is 28.6 Å². The topological polar surface area (TPSA) is 72.0 Å². The largest absolute Gasteiger partial charge is 0.467 e. The number of ether oxygens (including phenoxy) is 1. The van der Waals surface area contributed by atoms with Gasteiger partial charge in [-0.1, -0.05) is 43.9 Å². The van der Waals surface area contributed by atoms with E-state index in [0.29, 0.717) is 17.9 Å². The van der Waals surface area contributed by atoms with E-state index in [2.05, 4.69) is 39.4 Å². The molecule has 0 aliphatic carbocycles. The molecule has 0 amide bonds. The van der Waals surface area contributed by atoms with Crippen molar-refractivity contribution in [1.82, 2.24) is 15.0 Å². The number of benzene rings is 1. The average Bonchev–Trinajstić information content (AvgIpc) is 2.56. The van der Waals surface area contributed by atoms with E-state index in [4.69, 9.17) is 4.74 Å². The van der Waals surface area contributed by atoms with Crippen LogP contribution in [0.4, 0.5) is 17.6 Å². The summed E-state index contributed by atoms with van der Waals surface area (Å²) in [5, 5.41) is 6.41. The second-order valence-corrected chi connectivity index (χ2v) is 5.45. The molecule has 1 aromatic heterocycles.